The van der Waals surface area contributed by atoms with Gasteiger partial charge in [0.05, 0.1) is 6.61 Å². The quantitative estimate of drug-likeness (QED) is 0.326. The summed E-state index contributed by atoms with van der Waals surface area (Å²) in [5.74, 6) is -0.548. The van der Waals surface area contributed by atoms with Crippen molar-refractivity contribution >= 4 is 17.5 Å². The molecule has 0 bridgehead atoms. The van der Waals surface area contributed by atoms with Gasteiger partial charge in [-0.2, -0.15) is 0 Å². The molecule has 1 aliphatic carbocycles. The van der Waals surface area contributed by atoms with Crippen LogP contribution in [0.2, 0.25) is 0 Å². The van der Waals surface area contributed by atoms with Crippen molar-refractivity contribution < 1.29 is 19.2 Å². The molecule has 2 atom stereocenters. The van der Waals surface area contributed by atoms with Crippen LogP contribution in [0, 0.1) is 5.92 Å². The van der Waals surface area contributed by atoms with Crippen molar-refractivity contribution in [3.63, 3.8) is 0 Å². The molecule has 1 fully saturated rings. The van der Waals surface area contributed by atoms with Gasteiger partial charge < -0.3 is 9.57 Å². The van der Waals surface area contributed by atoms with Gasteiger partial charge in [0.1, 0.15) is 6.10 Å². The average molecular weight is 255 g/mol. The molecular weight excluding hydrogens is 234 g/mol. The summed E-state index contributed by atoms with van der Waals surface area (Å²) in [6, 6.07) is 0. The molecule has 1 rings (SSSR count). The molecule has 102 valence electrons. The third-order valence-corrected chi connectivity index (χ3v) is 2.98. The van der Waals surface area contributed by atoms with E-state index in [9.17, 15) is 9.59 Å². The lowest BCUT2D eigenvalue weighted by Gasteiger charge is -2.24. The highest BCUT2D eigenvalue weighted by Crippen LogP contribution is 2.25. The Morgan fingerprint density at radius 2 is 2.06 bits per heavy atom. The van der Waals surface area contributed by atoms with Gasteiger partial charge in [-0.1, -0.05) is 18.5 Å². The van der Waals surface area contributed by atoms with E-state index in [1.165, 1.54) is 13.3 Å². The standard InChI is InChI=1S/C13H21NO4/c1-4-17-13(16)12(10(3)15)14-18-11-7-5-6-9(2)8-11/h9,11H,4-8H2,1-3H3/b14-12+/t9-,11-/m0/s1. The fourth-order valence-electron chi connectivity index (χ4n) is 2.05. The van der Waals surface area contributed by atoms with E-state index in [-0.39, 0.29) is 18.4 Å². The second-order valence-corrected chi connectivity index (χ2v) is 4.72. The number of oxime groups is 1. The fourth-order valence-corrected chi connectivity index (χ4v) is 2.05. The molecular formula is C13H21NO4. The molecule has 0 aromatic heterocycles. The number of esters is 1. The minimum atomic E-state index is -0.714. The normalized spacial score (nSPS) is 24.5. The van der Waals surface area contributed by atoms with Crippen LogP contribution in [-0.4, -0.2) is 30.2 Å². The van der Waals surface area contributed by atoms with Gasteiger partial charge in [-0.15, -0.1) is 0 Å². The number of Topliss-reactive ketones (excluding diaryl/α,β-unsaturated/α-hetero) is 1. The van der Waals surface area contributed by atoms with E-state index in [2.05, 4.69) is 12.1 Å². The summed E-state index contributed by atoms with van der Waals surface area (Å²) in [6.07, 6.45) is 4.12. The summed E-state index contributed by atoms with van der Waals surface area (Å²) in [5.41, 5.74) is -0.255. The van der Waals surface area contributed by atoms with Crippen LogP contribution in [0.25, 0.3) is 0 Å². The molecule has 0 aromatic rings. The molecule has 5 nitrogen and oxygen atoms in total. The summed E-state index contributed by atoms with van der Waals surface area (Å²) in [7, 11) is 0. The first-order chi connectivity index (χ1) is 8.54. The zero-order valence-corrected chi connectivity index (χ0v) is 11.3. The molecule has 0 spiro atoms. The smallest absolute Gasteiger partial charge is 0.364 e. The molecule has 5 heteroatoms. The zero-order chi connectivity index (χ0) is 13.5. The minimum Gasteiger partial charge on any atom is -0.461 e. The lowest BCUT2D eigenvalue weighted by atomic mass is 9.89. The van der Waals surface area contributed by atoms with Crippen LogP contribution in [0.15, 0.2) is 5.16 Å². The molecule has 0 radical (unpaired) electrons. The Morgan fingerprint density at radius 3 is 2.61 bits per heavy atom. The van der Waals surface area contributed by atoms with E-state index in [1.54, 1.807) is 6.92 Å². The van der Waals surface area contributed by atoms with Gasteiger partial charge in [0.2, 0.25) is 5.71 Å². The van der Waals surface area contributed by atoms with Gasteiger partial charge in [0.15, 0.2) is 5.78 Å². The third kappa shape index (κ3) is 4.47. The Balaban J connectivity index is 2.59. The molecule has 0 unspecified atom stereocenters. The molecule has 0 heterocycles. The maximum Gasteiger partial charge on any atom is 0.364 e. The predicted molar refractivity (Wildman–Crippen MR) is 67.3 cm³/mol. The molecule has 1 saturated carbocycles. The number of hydrogen-bond donors (Lipinski definition) is 0. The number of carbonyl (C=O) groups excluding carboxylic acids is 2. The molecule has 18 heavy (non-hydrogen) atoms. The minimum absolute atomic E-state index is 0.00229. The van der Waals surface area contributed by atoms with Gasteiger partial charge in [-0.3, -0.25) is 4.79 Å². The van der Waals surface area contributed by atoms with Gasteiger partial charge in [0, 0.05) is 6.92 Å². The van der Waals surface area contributed by atoms with Crippen LogP contribution in [0.5, 0.6) is 0 Å². The lowest BCUT2D eigenvalue weighted by Crippen LogP contribution is -2.27. The van der Waals surface area contributed by atoms with Crippen LogP contribution in [-0.2, 0) is 19.2 Å². The molecule has 0 saturated heterocycles. The van der Waals surface area contributed by atoms with Crippen LogP contribution < -0.4 is 0 Å². The number of carbonyl (C=O) groups is 2. The average Bonchev–Trinajstić information content (AvgIpc) is 2.29. The van der Waals surface area contributed by atoms with E-state index in [1.807, 2.05) is 0 Å². The first-order valence-corrected chi connectivity index (χ1v) is 6.46. The Bertz CT molecular complexity index is 338. The van der Waals surface area contributed by atoms with Crippen molar-refractivity contribution in [2.75, 3.05) is 6.61 Å². The molecule has 1 aliphatic rings. The van der Waals surface area contributed by atoms with Crippen molar-refractivity contribution in [3.8, 4) is 0 Å². The Kier molecular flexibility index (Phi) is 5.82. The number of rotatable bonds is 5. The van der Waals surface area contributed by atoms with E-state index in [4.69, 9.17) is 9.57 Å². The number of ether oxygens (including phenoxy) is 1. The molecule has 0 N–H and O–H groups in total. The van der Waals surface area contributed by atoms with Crippen molar-refractivity contribution in [1.82, 2.24) is 0 Å². The third-order valence-electron chi connectivity index (χ3n) is 2.98. The maximum absolute atomic E-state index is 11.5. The Morgan fingerprint density at radius 1 is 1.33 bits per heavy atom. The van der Waals surface area contributed by atoms with Crippen molar-refractivity contribution in [1.29, 1.82) is 0 Å². The number of nitrogens with zero attached hydrogens (tertiary/aromatic N) is 1. The topological polar surface area (TPSA) is 65.0 Å². The van der Waals surface area contributed by atoms with Gasteiger partial charge in [-0.05, 0) is 32.1 Å². The van der Waals surface area contributed by atoms with Crippen LogP contribution >= 0.6 is 0 Å². The SMILES string of the molecule is CCOC(=O)/C(=N/O[C@H]1CCC[C@H](C)C1)C(C)=O. The van der Waals surface area contributed by atoms with Crippen molar-refractivity contribution in [2.24, 2.45) is 11.1 Å². The highest BCUT2D eigenvalue weighted by atomic mass is 16.6. The summed E-state index contributed by atoms with van der Waals surface area (Å²) >= 11 is 0. The van der Waals surface area contributed by atoms with Crippen molar-refractivity contribution in [2.45, 2.75) is 52.6 Å². The summed E-state index contributed by atoms with van der Waals surface area (Å²) < 4.78 is 4.76. The van der Waals surface area contributed by atoms with Gasteiger partial charge >= 0.3 is 5.97 Å². The maximum atomic E-state index is 11.5. The molecule has 0 amide bonds. The van der Waals surface area contributed by atoms with Gasteiger partial charge in [0.25, 0.3) is 0 Å². The van der Waals surface area contributed by atoms with E-state index in [0.717, 1.165) is 19.3 Å². The number of ketones is 1. The van der Waals surface area contributed by atoms with Crippen LogP contribution in [0.3, 0.4) is 0 Å². The lowest BCUT2D eigenvalue weighted by molar-refractivity contribution is -0.136. The van der Waals surface area contributed by atoms with E-state index in [0.29, 0.717) is 5.92 Å². The second-order valence-electron chi connectivity index (χ2n) is 4.72. The zero-order valence-electron chi connectivity index (χ0n) is 11.3. The Hall–Kier alpha value is -1.39. The number of hydrogen-bond acceptors (Lipinski definition) is 5. The first kappa shape index (κ1) is 14.7. The molecule has 0 aliphatic heterocycles. The summed E-state index contributed by atoms with van der Waals surface area (Å²) in [5, 5.41) is 3.69. The monoisotopic (exact) mass is 255 g/mol. The molecule has 0 aromatic carbocycles. The predicted octanol–water partition coefficient (Wildman–Crippen LogP) is 2.09. The van der Waals surface area contributed by atoms with Crippen molar-refractivity contribution in [3.05, 3.63) is 0 Å². The van der Waals surface area contributed by atoms with Crippen LogP contribution in [0.4, 0.5) is 0 Å². The van der Waals surface area contributed by atoms with E-state index >= 15 is 0 Å². The van der Waals surface area contributed by atoms with E-state index < -0.39 is 11.8 Å². The second kappa shape index (κ2) is 7.13. The highest BCUT2D eigenvalue weighted by molar-refractivity contribution is 6.63. The van der Waals surface area contributed by atoms with Crippen LogP contribution in [0.1, 0.15) is 46.5 Å². The highest BCUT2D eigenvalue weighted by Gasteiger charge is 2.23. The largest absolute Gasteiger partial charge is 0.461 e. The van der Waals surface area contributed by atoms with Gasteiger partial charge in [-0.25, -0.2) is 4.79 Å². The fraction of sp³-hybridized carbons (Fsp3) is 0.769. The Labute approximate surface area is 108 Å². The summed E-state index contributed by atoms with van der Waals surface area (Å²) in [6.45, 7) is 5.34. The first-order valence-electron chi connectivity index (χ1n) is 6.46. The summed E-state index contributed by atoms with van der Waals surface area (Å²) in [4.78, 5) is 28.1.